The maximum atomic E-state index is 14.6. The van der Waals surface area contributed by atoms with E-state index in [1.165, 1.54) is 16.8 Å². The largest absolute Gasteiger partial charge is 0.348 e. The number of carbonyl (C=O) groups excluding carboxylic acids is 1. The lowest BCUT2D eigenvalue weighted by Crippen LogP contribution is -2.23. The van der Waals surface area contributed by atoms with Crippen LogP contribution in [0.3, 0.4) is 0 Å². The first kappa shape index (κ1) is 18.7. The number of aromatic nitrogens is 5. The van der Waals surface area contributed by atoms with E-state index in [2.05, 4.69) is 20.4 Å². The van der Waals surface area contributed by atoms with Crippen molar-refractivity contribution in [3.63, 3.8) is 0 Å². The molecule has 0 saturated carbocycles. The maximum absolute atomic E-state index is 14.6. The molecule has 0 aliphatic heterocycles. The summed E-state index contributed by atoms with van der Waals surface area (Å²) in [6, 6.07) is 11.8. The number of hydrogen-bond acceptors (Lipinski definition) is 4. The summed E-state index contributed by atoms with van der Waals surface area (Å²) in [4.78, 5) is 31.9. The van der Waals surface area contributed by atoms with Crippen LogP contribution in [0, 0.1) is 12.7 Å². The number of fused-ring (bicyclic) bond motifs is 3. The Bertz CT molecular complexity index is 1510. The Kier molecular flexibility index (Phi) is 4.36. The van der Waals surface area contributed by atoms with E-state index in [4.69, 9.17) is 0 Å². The van der Waals surface area contributed by atoms with E-state index in [0.29, 0.717) is 33.6 Å². The molecule has 154 valence electrons. The zero-order valence-corrected chi connectivity index (χ0v) is 16.5. The van der Waals surface area contributed by atoms with E-state index in [-0.39, 0.29) is 17.7 Å². The van der Waals surface area contributed by atoms with Gasteiger partial charge in [-0.2, -0.15) is 5.10 Å². The second-order valence-corrected chi connectivity index (χ2v) is 7.10. The molecule has 8 nitrogen and oxygen atoms in total. The molecule has 0 radical (unpaired) electrons. The van der Waals surface area contributed by atoms with Gasteiger partial charge in [-0.25, -0.2) is 13.9 Å². The topological polar surface area (TPSA) is 97.1 Å². The van der Waals surface area contributed by atoms with Gasteiger partial charge in [0.25, 0.3) is 11.5 Å². The number of benzene rings is 2. The third-order valence-corrected chi connectivity index (χ3v) is 5.17. The molecule has 5 rings (SSSR count). The minimum Gasteiger partial charge on any atom is -0.348 e. The summed E-state index contributed by atoms with van der Waals surface area (Å²) in [6.45, 7) is 1.91. The molecule has 0 saturated heterocycles. The fourth-order valence-corrected chi connectivity index (χ4v) is 3.61. The minimum atomic E-state index is -0.420. The molecule has 5 aromatic rings. The molecule has 0 atom stereocenters. The van der Waals surface area contributed by atoms with E-state index in [9.17, 15) is 14.0 Å². The first-order chi connectivity index (χ1) is 15.0. The van der Waals surface area contributed by atoms with Gasteiger partial charge >= 0.3 is 0 Å². The summed E-state index contributed by atoms with van der Waals surface area (Å²) in [5.41, 5.74) is 1.82. The Labute approximate surface area is 175 Å². The van der Waals surface area contributed by atoms with E-state index in [1.807, 2.05) is 0 Å². The van der Waals surface area contributed by atoms with Crippen LogP contribution in [-0.4, -0.2) is 30.1 Å². The van der Waals surface area contributed by atoms with Crippen LogP contribution < -0.4 is 10.9 Å². The lowest BCUT2D eigenvalue weighted by molar-refractivity contribution is 0.0952. The van der Waals surface area contributed by atoms with Gasteiger partial charge < -0.3 is 14.9 Å². The number of carbonyl (C=O) groups is 1. The van der Waals surface area contributed by atoms with Crippen molar-refractivity contribution in [2.24, 2.45) is 0 Å². The molecule has 3 aromatic heterocycles. The maximum Gasteiger partial charge on any atom is 0.259 e. The Hall–Kier alpha value is -4.27. The number of aryl methyl sites for hydroxylation is 1. The van der Waals surface area contributed by atoms with Gasteiger partial charge in [0.15, 0.2) is 0 Å². The smallest absolute Gasteiger partial charge is 0.259 e. The Morgan fingerprint density at radius 1 is 1.23 bits per heavy atom. The van der Waals surface area contributed by atoms with E-state index < -0.39 is 11.7 Å². The van der Waals surface area contributed by atoms with Gasteiger partial charge in [-0.05, 0) is 36.8 Å². The van der Waals surface area contributed by atoms with Gasteiger partial charge in [-0.1, -0.05) is 18.2 Å². The number of rotatable bonds is 4. The van der Waals surface area contributed by atoms with Crippen LogP contribution in [0.5, 0.6) is 0 Å². The zero-order chi connectivity index (χ0) is 21.5. The number of halogens is 1. The predicted molar refractivity (Wildman–Crippen MR) is 113 cm³/mol. The van der Waals surface area contributed by atoms with Crippen LogP contribution in [0.15, 0.2) is 65.8 Å². The second-order valence-electron chi connectivity index (χ2n) is 7.10. The van der Waals surface area contributed by atoms with Gasteiger partial charge in [0, 0.05) is 18.9 Å². The standard InChI is InChI=1S/C22H17FN6O2/c1-13-24-8-9-28(13)19-7-6-14(10-17(19)23)11-25-21(30)16-12-26-29-18-5-3-2-4-15(18)22(31)27-20(16)29/h2-10,12H,11H2,1H3,(H,25,30)(H,27,31). The lowest BCUT2D eigenvalue weighted by atomic mass is 10.2. The van der Waals surface area contributed by atoms with Crippen molar-refractivity contribution in [1.82, 2.24) is 29.5 Å². The zero-order valence-electron chi connectivity index (χ0n) is 16.5. The van der Waals surface area contributed by atoms with Gasteiger partial charge in [-0.15, -0.1) is 0 Å². The number of amides is 1. The fraction of sp³-hybridized carbons (Fsp3) is 0.0909. The van der Waals surface area contributed by atoms with E-state index in [0.717, 1.165) is 0 Å². The molecule has 9 heteroatoms. The molecule has 0 bridgehead atoms. The number of nitrogens with one attached hydrogen (secondary N) is 2. The van der Waals surface area contributed by atoms with Crippen LogP contribution in [0.1, 0.15) is 21.7 Å². The van der Waals surface area contributed by atoms with Crippen molar-refractivity contribution in [1.29, 1.82) is 0 Å². The average Bonchev–Trinajstić information content (AvgIpc) is 3.39. The van der Waals surface area contributed by atoms with Crippen molar-refractivity contribution >= 4 is 22.5 Å². The summed E-state index contributed by atoms with van der Waals surface area (Å²) >= 11 is 0. The number of hydrogen-bond donors (Lipinski definition) is 2. The summed E-state index contributed by atoms with van der Waals surface area (Å²) < 4.78 is 17.7. The highest BCUT2D eigenvalue weighted by atomic mass is 19.1. The van der Waals surface area contributed by atoms with Crippen molar-refractivity contribution in [3.05, 3.63) is 94.2 Å². The molecule has 0 unspecified atom stereocenters. The fourth-order valence-electron chi connectivity index (χ4n) is 3.61. The number of H-pyrrole nitrogens is 1. The molecular weight excluding hydrogens is 399 g/mol. The van der Waals surface area contributed by atoms with Crippen molar-refractivity contribution in [2.75, 3.05) is 0 Å². The van der Waals surface area contributed by atoms with Gasteiger partial charge in [0.2, 0.25) is 0 Å². The van der Waals surface area contributed by atoms with Crippen LogP contribution in [-0.2, 0) is 6.54 Å². The molecule has 1 amide bonds. The highest BCUT2D eigenvalue weighted by Gasteiger charge is 2.16. The summed E-state index contributed by atoms with van der Waals surface area (Å²) in [7, 11) is 0. The summed E-state index contributed by atoms with van der Waals surface area (Å²) in [5.74, 6) is -0.162. The summed E-state index contributed by atoms with van der Waals surface area (Å²) in [5, 5.41) is 7.48. The third-order valence-electron chi connectivity index (χ3n) is 5.17. The first-order valence-electron chi connectivity index (χ1n) is 9.58. The number of imidazole rings is 1. The number of nitrogens with zero attached hydrogens (tertiary/aromatic N) is 4. The number of aromatic amines is 1. The molecule has 2 aromatic carbocycles. The van der Waals surface area contributed by atoms with Gasteiger partial charge in [-0.3, -0.25) is 9.59 Å². The molecule has 3 heterocycles. The van der Waals surface area contributed by atoms with Crippen LogP contribution in [0.4, 0.5) is 4.39 Å². The molecule has 0 fully saturated rings. The van der Waals surface area contributed by atoms with E-state index >= 15 is 0 Å². The van der Waals surface area contributed by atoms with Crippen molar-refractivity contribution < 1.29 is 9.18 Å². The van der Waals surface area contributed by atoms with Crippen LogP contribution in [0.2, 0.25) is 0 Å². The normalized spacial score (nSPS) is 11.3. The minimum absolute atomic E-state index is 0.119. The quantitative estimate of drug-likeness (QED) is 0.471. The highest BCUT2D eigenvalue weighted by Crippen LogP contribution is 2.18. The SMILES string of the molecule is Cc1nccn1-c1ccc(CNC(=O)c2cnn3c2[nH]c(=O)c2ccccc23)cc1F. The Morgan fingerprint density at radius 3 is 2.84 bits per heavy atom. The highest BCUT2D eigenvalue weighted by molar-refractivity contribution is 6.00. The molecule has 0 spiro atoms. The van der Waals surface area contributed by atoms with Gasteiger partial charge in [0.05, 0.1) is 22.8 Å². The molecular formula is C22H17FN6O2. The molecule has 0 aliphatic rings. The van der Waals surface area contributed by atoms with Crippen LogP contribution >= 0.6 is 0 Å². The first-order valence-corrected chi connectivity index (χ1v) is 9.58. The molecule has 0 aliphatic carbocycles. The Morgan fingerprint density at radius 2 is 2.06 bits per heavy atom. The van der Waals surface area contributed by atoms with Gasteiger partial charge in [0.1, 0.15) is 22.9 Å². The average molecular weight is 416 g/mol. The molecule has 2 N–H and O–H groups in total. The third kappa shape index (κ3) is 3.16. The Balaban J connectivity index is 1.40. The van der Waals surface area contributed by atoms with E-state index in [1.54, 1.807) is 60.3 Å². The number of para-hydroxylation sites is 1. The molecule has 31 heavy (non-hydrogen) atoms. The van der Waals surface area contributed by atoms with Crippen molar-refractivity contribution in [3.8, 4) is 5.69 Å². The monoisotopic (exact) mass is 416 g/mol. The van der Waals surface area contributed by atoms with Crippen molar-refractivity contribution in [2.45, 2.75) is 13.5 Å². The van der Waals surface area contributed by atoms with Crippen LogP contribution in [0.25, 0.3) is 22.2 Å². The lowest BCUT2D eigenvalue weighted by Gasteiger charge is -2.09. The second kappa shape index (κ2) is 7.21. The summed E-state index contributed by atoms with van der Waals surface area (Å²) in [6.07, 6.45) is 4.69. The predicted octanol–water partition coefficient (Wildman–Crippen LogP) is 2.74.